The van der Waals surface area contributed by atoms with E-state index in [4.69, 9.17) is 0 Å². The Labute approximate surface area is 143 Å². The van der Waals surface area contributed by atoms with Crippen LogP contribution in [0.3, 0.4) is 0 Å². The van der Waals surface area contributed by atoms with Crippen molar-refractivity contribution in [1.82, 2.24) is 30.4 Å². The molecule has 8 nitrogen and oxygen atoms in total. The smallest absolute Gasteiger partial charge is 0.191 e. The molecule has 8 heteroatoms. The number of nitrogens with one attached hydrogen (secondary N) is 2. The van der Waals surface area contributed by atoms with Gasteiger partial charge in [0, 0.05) is 40.7 Å². The SMILES string of the molecule is CCc1nncn1CCNC(=NC)NCc1cccc(N(C)C)n1. The summed E-state index contributed by atoms with van der Waals surface area (Å²) >= 11 is 0. The molecule has 0 atom stereocenters. The molecule has 0 saturated carbocycles. The third-order valence-electron chi connectivity index (χ3n) is 3.57. The van der Waals surface area contributed by atoms with Gasteiger partial charge in [0.25, 0.3) is 0 Å². The Morgan fingerprint density at radius 1 is 1.29 bits per heavy atom. The maximum Gasteiger partial charge on any atom is 0.191 e. The Hall–Kier alpha value is -2.64. The number of rotatable bonds is 7. The lowest BCUT2D eigenvalue weighted by Crippen LogP contribution is -2.38. The number of aliphatic imine (C=N–C) groups is 1. The van der Waals surface area contributed by atoms with Crippen molar-refractivity contribution in [3.8, 4) is 0 Å². The van der Waals surface area contributed by atoms with Gasteiger partial charge in [-0.2, -0.15) is 0 Å². The Morgan fingerprint density at radius 2 is 2.12 bits per heavy atom. The van der Waals surface area contributed by atoms with E-state index in [1.807, 2.05) is 41.8 Å². The zero-order chi connectivity index (χ0) is 17.4. The number of aryl methyl sites for hydroxylation is 1. The lowest BCUT2D eigenvalue weighted by atomic mass is 10.3. The normalized spacial score (nSPS) is 11.4. The van der Waals surface area contributed by atoms with Gasteiger partial charge in [-0.1, -0.05) is 13.0 Å². The van der Waals surface area contributed by atoms with Crippen molar-refractivity contribution in [2.24, 2.45) is 4.99 Å². The Bertz CT molecular complexity index is 662. The first-order valence-corrected chi connectivity index (χ1v) is 8.08. The second-order valence-corrected chi connectivity index (χ2v) is 5.53. The number of hydrogen-bond acceptors (Lipinski definition) is 5. The van der Waals surface area contributed by atoms with E-state index in [9.17, 15) is 0 Å². The van der Waals surface area contributed by atoms with Gasteiger partial charge in [-0.3, -0.25) is 4.99 Å². The summed E-state index contributed by atoms with van der Waals surface area (Å²) in [4.78, 5) is 10.8. The summed E-state index contributed by atoms with van der Waals surface area (Å²) in [5.41, 5.74) is 0.969. The molecule has 0 amide bonds. The fourth-order valence-corrected chi connectivity index (χ4v) is 2.24. The van der Waals surface area contributed by atoms with Gasteiger partial charge in [-0.15, -0.1) is 10.2 Å². The fraction of sp³-hybridized carbons (Fsp3) is 0.500. The zero-order valence-electron chi connectivity index (χ0n) is 14.8. The van der Waals surface area contributed by atoms with Crippen LogP contribution in [0.1, 0.15) is 18.4 Å². The first kappa shape index (κ1) is 17.7. The third-order valence-corrected chi connectivity index (χ3v) is 3.57. The van der Waals surface area contributed by atoms with Crippen LogP contribution in [0.2, 0.25) is 0 Å². The number of guanidine groups is 1. The molecule has 0 spiro atoms. The van der Waals surface area contributed by atoms with Gasteiger partial charge in [-0.05, 0) is 12.1 Å². The van der Waals surface area contributed by atoms with Crippen LogP contribution in [0.25, 0.3) is 0 Å². The first-order valence-electron chi connectivity index (χ1n) is 8.08. The van der Waals surface area contributed by atoms with Crippen molar-refractivity contribution in [2.45, 2.75) is 26.4 Å². The van der Waals surface area contributed by atoms with Crippen molar-refractivity contribution >= 4 is 11.8 Å². The Kier molecular flexibility index (Phi) is 6.53. The average Bonchev–Trinajstić information content (AvgIpc) is 3.05. The molecule has 0 aliphatic carbocycles. The highest BCUT2D eigenvalue weighted by Gasteiger charge is 2.04. The summed E-state index contributed by atoms with van der Waals surface area (Å²) in [6, 6.07) is 5.99. The predicted octanol–water partition coefficient (Wildman–Crippen LogP) is 0.667. The van der Waals surface area contributed by atoms with Gasteiger partial charge in [-0.25, -0.2) is 4.98 Å². The zero-order valence-corrected chi connectivity index (χ0v) is 14.8. The molecule has 0 unspecified atom stereocenters. The second kappa shape index (κ2) is 8.85. The molecule has 130 valence electrons. The average molecular weight is 330 g/mol. The van der Waals surface area contributed by atoms with E-state index in [1.165, 1.54) is 0 Å². The highest BCUT2D eigenvalue weighted by molar-refractivity contribution is 5.79. The summed E-state index contributed by atoms with van der Waals surface area (Å²) in [5, 5.41) is 14.6. The summed E-state index contributed by atoms with van der Waals surface area (Å²) in [5.74, 6) is 2.68. The van der Waals surface area contributed by atoms with Crippen LogP contribution < -0.4 is 15.5 Å². The third kappa shape index (κ3) is 4.94. The van der Waals surface area contributed by atoms with Crippen LogP contribution in [0.5, 0.6) is 0 Å². The van der Waals surface area contributed by atoms with E-state index in [-0.39, 0.29) is 0 Å². The molecule has 0 bridgehead atoms. The summed E-state index contributed by atoms with van der Waals surface area (Å²) < 4.78 is 2.04. The minimum atomic E-state index is 0.619. The van der Waals surface area contributed by atoms with E-state index < -0.39 is 0 Å². The molecule has 0 aliphatic heterocycles. The standard InChI is InChI=1S/C16H26N8/c1-5-14-22-20-12-24(14)10-9-18-16(17-2)19-11-13-7-6-8-15(21-13)23(3)4/h6-8,12H,5,9-11H2,1-4H3,(H2,17,18,19). The van der Waals surface area contributed by atoms with E-state index in [2.05, 4.69) is 37.7 Å². The highest BCUT2D eigenvalue weighted by Crippen LogP contribution is 2.07. The molecule has 2 N–H and O–H groups in total. The molecule has 2 aromatic heterocycles. The lowest BCUT2D eigenvalue weighted by molar-refractivity contribution is 0.632. The monoisotopic (exact) mass is 330 g/mol. The van der Waals surface area contributed by atoms with Crippen molar-refractivity contribution < 1.29 is 0 Å². The van der Waals surface area contributed by atoms with E-state index >= 15 is 0 Å². The fourth-order valence-electron chi connectivity index (χ4n) is 2.24. The van der Waals surface area contributed by atoms with E-state index in [0.29, 0.717) is 6.54 Å². The van der Waals surface area contributed by atoms with Crippen molar-refractivity contribution in [2.75, 3.05) is 32.6 Å². The Balaban J connectivity index is 1.81. The quantitative estimate of drug-likeness (QED) is 0.573. The summed E-state index contributed by atoms with van der Waals surface area (Å²) in [6.07, 6.45) is 2.63. The van der Waals surface area contributed by atoms with Crippen LogP contribution in [-0.4, -0.2) is 53.4 Å². The lowest BCUT2D eigenvalue weighted by Gasteiger charge is -2.14. The maximum absolute atomic E-state index is 4.58. The number of anilines is 1. The van der Waals surface area contributed by atoms with Gasteiger partial charge < -0.3 is 20.1 Å². The van der Waals surface area contributed by atoms with E-state index in [1.54, 1.807) is 13.4 Å². The summed E-state index contributed by atoms with van der Waals surface area (Å²) in [7, 11) is 5.72. The molecule has 2 heterocycles. The number of nitrogens with zero attached hydrogens (tertiary/aromatic N) is 6. The van der Waals surface area contributed by atoms with Gasteiger partial charge in [0.15, 0.2) is 5.96 Å². The van der Waals surface area contributed by atoms with Crippen LogP contribution in [0, 0.1) is 0 Å². The number of hydrogen-bond donors (Lipinski definition) is 2. The first-order chi connectivity index (χ1) is 11.6. The van der Waals surface area contributed by atoms with Gasteiger partial charge >= 0.3 is 0 Å². The molecule has 0 radical (unpaired) electrons. The number of aromatic nitrogens is 4. The topological polar surface area (TPSA) is 83.3 Å². The van der Waals surface area contributed by atoms with Crippen LogP contribution in [0.4, 0.5) is 5.82 Å². The van der Waals surface area contributed by atoms with Gasteiger partial charge in [0.1, 0.15) is 18.0 Å². The highest BCUT2D eigenvalue weighted by atomic mass is 15.3. The second-order valence-electron chi connectivity index (χ2n) is 5.53. The summed E-state index contributed by atoms with van der Waals surface area (Å²) in [6.45, 7) is 4.23. The minimum Gasteiger partial charge on any atom is -0.363 e. The van der Waals surface area contributed by atoms with Crippen LogP contribution >= 0.6 is 0 Å². The van der Waals surface area contributed by atoms with E-state index in [0.717, 1.165) is 42.8 Å². The van der Waals surface area contributed by atoms with Crippen LogP contribution in [0.15, 0.2) is 29.5 Å². The molecule has 0 saturated heterocycles. The van der Waals surface area contributed by atoms with Crippen LogP contribution in [-0.2, 0) is 19.5 Å². The van der Waals surface area contributed by atoms with Crippen molar-refractivity contribution in [1.29, 1.82) is 0 Å². The maximum atomic E-state index is 4.58. The molecular weight excluding hydrogens is 304 g/mol. The minimum absolute atomic E-state index is 0.619. The molecule has 0 aliphatic rings. The molecule has 0 fully saturated rings. The van der Waals surface area contributed by atoms with Crippen molar-refractivity contribution in [3.05, 3.63) is 36.0 Å². The molecule has 2 aromatic rings. The van der Waals surface area contributed by atoms with Gasteiger partial charge in [0.2, 0.25) is 0 Å². The molecule has 2 rings (SSSR count). The predicted molar refractivity (Wildman–Crippen MR) is 96.2 cm³/mol. The molecular formula is C16H26N8. The molecule has 0 aromatic carbocycles. The van der Waals surface area contributed by atoms with Gasteiger partial charge in [0.05, 0.1) is 12.2 Å². The van der Waals surface area contributed by atoms with Crippen molar-refractivity contribution in [3.63, 3.8) is 0 Å². The number of pyridine rings is 1. The Morgan fingerprint density at radius 3 is 2.83 bits per heavy atom. The molecule has 24 heavy (non-hydrogen) atoms. The largest absolute Gasteiger partial charge is 0.363 e.